The summed E-state index contributed by atoms with van der Waals surface area (Å²) in [4.78, 5) is 43.6. The van der Waals surface area contributed by atoms with Crippen LogP contribution in [-0.4, -0.2) is 59.6 Å². The minimum Gasteiger partial charge on any atom is -0.489 e. The highest BCUT2D eigenvalue weighted by Gasteiger charge is 2.37. The molecule has 0 N–H and O–H groups in total. The minimum atomic E-state index is -0.492. The molecule has 3 amide bonds. The molecule has 3 aromatic carbocycles. The second-order valence-electron chi connectivity index (χ2n) is 8.92. The van der Waals surface area contributed by atoms with E-state index in [1.165, 1.54) is 6.07 Å². The number of hydrogen-bond donors (Lipinski definition) is 0. The van der Waals surface area contributed by atoms with Gasteiger partial charge in [-0.3, -0.25) is 19.3 Å². The molecule has 2 fully saturated rings. The van der Waals surface area contributed by atoms with Gasteiger partial charge in [-0.1, -0.05) is 48.5 Å². The average Bonchev–Trinajstić information content (AvgIpc) is 3.20. The Bertz CT molecular complexity index is 1370. The van der Waals surface area contributed by atoms with Gasteiger partial charge < -0.3 is 14.5 Å². The molecule has 38 heavy (non-hydrogen) atoms. The van der Waals surface area contributed by atoms with Gasteiger partial charge in [0.25, 0.3) is 11.1 Å². The molecule has 0 bridgehead atoms. The predicted octanol–water partition coefficient (Wildman–Crippen LogP) is 4.79. The smallest absolute Gasteiger partial charge is 0.294 e. The van der Waals surface area contributed by atoms with Crippen molar-refractivity contribution >= 4 is 40.6 Å². The van der Waals surface area contributed by atoms with E-state index in [0.717, 1.165) is 22.3 Å². The lowest BCUT2D eigenvalue weighted by molar-refractivity contribution is -0.136. The number of benzene rings is 3. The number of nitrogens with zero attached hydrogens (tertiary/aromatic N) is 3. The van der Waals surface area contributed by atoms with Crippen molar-refractivity contribution in [3.05, 3.63) is 101 Å². The Balaban J connectivity index is 1.18. The highest BCUT2D eigenvalue weighted by Crippen LogP contribution is 2.33. The zero-order valence-corrected chi connectivity index (χ0v) is 21.4. The molecule has 2 saturated heterocycles. The number of carbonyl (C=O) groups excluding carboxylic acids is 3. The molecule has 0 atom stereocenters. The maximum Gasteiger partial charge on any atom is 0.294 e. The summed E-state index contributed by atoms with van der Waals surface area (Å²) in [6, 6.07) is 23.4. The SMILES string of the molecule is O=C(CN1C(=O)S/C(=C/c2cccc(OCc3ccccc3F)c2)C1=O)N1CCN(c2ccccc2)CC1. The Morgan fingerprint density at radius 1 is 0.921 bits per heavy atom. The Kier molecular flexibility index (Phi) is 7.74. The summed E-state index contributed by atoms with van der Waals surface area (Å²) < 4.78 is 19.6. The highest BCUT2D eigenvalue weighted by molar-refractivity contribution is 8.18. The molecule has 0 radical (unpaired) electrons. The number of anilines is 1. The Morgan fingerprint density at radius 2 is 1.66 bits per heavy atom. The average molecular weight is 532 g/mol. The lowest BCUT2D eigenvalue weighted by Gasteiger charge is -2.36. The Morgan fingerprint density at radius 3 is 2.42 bits per heavy atom. The van der Waals surface area contributed by atoms with E-state index in [-0.39, 0.29) is 29.8 Å². The molecule has 2 aliphatic rings. The second kappa shape index (κ2) is 11.5. The topological polar surface area (TPSA) is 70.2 Å². The van der Waals surface area contributed by atoms with Crippen LogP contribution in [0.3, 0.4) is 0 Å². The molecule has 0 aliphatic carbocycles. The number of halogens is 1. The van der Waals surface area contributed by atoms with Crippen LogP contribution in [-0.2, 0) is 16.2 Å². The number of imide groups is 1. The van der Waals surface area contributed by atoms with Gasteiger partial charge in [0.1, 0.15) is 24.7 Å². The fourth-order valence-electron chi connectivity index (χ4n) is 4.35. The van der Waals surface area contributed by atoms with Crippen molar-refractivity contribution in [1.29, 1.82) is 0 Å². The molecule has 0 spiro atoms. The molecule has 2 heterocycles. The van der Waals surface area contributed by atoms with Gasteiger partial charge in [0.2, 0.25) is 5.91 Å². The van der Waals surface area contributed by atoms with Gasteiger partial charge in [0.15, 0.2) is 0 Å². The third-order valence-corrected chi connectivity index (χ3v) is 7.34. The van der Waals surface area contributed by atoms with Crippen LogP contribution in [0, 0.1) is 5.82 Å². The number of hydrogen-bond acceptors (Lipinski definition) is 6. The van der Waals surface area contributed by atoms with E-state index in [0.29, 0.717) is 43.1 Å². The number of para-hydroxylation sites is 1. The third kappa shape index (κ3) is 5.89. The summed E-state index contributed by atoms with van der Waals surface area (Å²) in [6.45, 7) is 2.21. The molecular formula is C29H26FN3O4S. The second-order valence-corrected chi connectivity index (χ2v) is 9.92. The molecule has 5 rings (SSSR count). The highest BCUT2D eigenvalue weighted by atomic mass is 32.2. The van der Waals surface area contributed by atoms with Crippen molar-refractivity contribution in [1.82, 2.24) is 9.80 Å². The standard InChI is InChI=1S/C29H26FN3O4S/c30-25-12-5-4-8-22(25)20-37-24-11-6-7-21(17-24)18-26-28(35)33(29(36)38-26)19-27(34)32-15-13-31(14-16-32)23-9-2-1-3-10-23/h1-12,17-18H,13-16,19-20H2/b26-18+. The molecule has 3 aromatic rings. The lowest BCUT2D eigenvalue weighted by Crippen LogP contribution is -2.51. The molecule has 7 nitrogen and oxygen atoms in total. The number of rotatable bonds is 7. The lowest BCUT2D eigenvalue weighted by atomic mass is 10.2. The Labute approximate surface area is 224 Å². The summed E-state index contributed by atoms with van der Waals surface area (Å²) >= 11 is 0.810. The van der Waals surface area contributed by atoms with Crippen LogP contribution in [0.4, 0.5) is 14.9 Å². The predicted molar refractivity (Wildman–Crippen MR) is 145 cm³/mol. The fourth-order valence-corrected chi connectivity index (χ4v) is 5.18. The van der Waals surface area contributed by atoms with Crippen molar-refractivity contribution in [2.45, 2.75) is 6.61 Å². The third-order valence-electron chi connectivity index (χ3n) is 6.43. The molecule has 2 aliphatic heterocycles. The summed E-state index contributed by atoms with van der Waals surface area (Å²) in [5.74, 6) is -0.574. The first-order valence-electron chi connectivity index (χ1n) is 12.3. The van der Waals surface area contributed by atoms with Crippen LogP contribution >= 0.6 is 11.8 Å². The van der Waals surface area contributed by atoms with Crippen molar-refractivity contribution in [2.75, 3.05) is 37.6 Å². The van der Waals surface area contributed by atoms with Gasteiger partial charge in [0.05, 0.1) is 4.91 Å². The monoisotopic (exact) mass is 531 g/mol. The summed E-state index contributed by atoms with van der Waals surface area (Å²) in [6.07, 6.45) is 1.60. The van der Waals surface area contributed by atoms with E-state index in [9.17, 15) is 18.8 Å². The zero-order chi connectivity index (χ0) is 26.5. The zero-order valence-electron chi connectivity index (χ0n) is 20.6. The van der Waals surface area contributed by atoms with Crippen molar-refractivity contribution in [3.8, 4) is 5.75 Å². The molecule has 0 aromatic heterocycles. The van der Waals surface area contributed by atoms with E-state index >= 15 is 0 Å². The summed E-state index contributed by atoms with van der Waals surface area (Å²) in [5.41, 5.74) is 2.20. The van der Waals surface area contributed by atoms with Gasteiger partial charge in [0, 0.05) is 37.4 Å². The van der Waals surface area contributed by atoms with Crippen LogP contribution in [0.2, 0.25) is 0 Å². The van der Waals surface area contributed by atoms with Gasteiger partial charge in [-0.25, -0.2) is 4.39 Å². The molecule has 194 valence electrons. The first-order chi connectivity index (χ1) is 18.5. The summed E-state index contributed by atoms with van der Waals surface area (Å²) in [5, 5.41) is -0.468. The van der Waals surface area contributed by atoms with E-state index in [4.69, 9.17) is 4.74 Å². The molecule has 0 unspecified atom stereocenters. The largest absolute Gasteiger partial charge is 0.489 e. The molecule has 9 heteroatoms. The van der Waals surface area contributed by atoms with Crippen molar-refractivity contribution in [2.24, 2.45) is 0 Å². The van der Waals surface area contributed by atoms with Crippen LogP contribution in [0.15, 0.2) is 83.8 Å². The Hall–Kier alpha value is -4.11. The summed E-state index contributed by atoms with van der Waals surface area (Å²) in [7, 11) is 0. The number of carbonyl (C=O) groups is 3. The van der Waals surface area contributed by atoms with Crippen molar-refractivity contribution in [3.63, 3.8) is 0 Å². The molecule has 0 saturated carbocycles. The maximum absolute atomic E-state index is 13.9. The fraction of sp³-hybridized carbons (Fsp3) is 0.207. The van der Waals surface area contributed by atoms with E-state index < -0.39 is 11.1 Å². The maximum atomic E-state index is 13.9. The first kappa shape index (κ1) is 25.5. The van der Waals surface area contributed by atoms with E-state index in [1.807, 2.05) is 30.3 Å². The van der Waals surface area contributed by atoms with Gasteiger partial charge in [-0.05, 0) is 53.7 Å². The van der Waals surface area contributed by atoms with Gasteiger partial charge >= 0.3 is 0 Å². The first-order valence-corrected chi connectivity index (χ1v) is 13.1. The van der Waals surface area contributed by atoms with Crippen LogP contribution in [0.1, 0.15) is 11.1 Å². The minimum absolute atomic E-state index is 0.0639. The number of piperazine rings is 1. The quantitative estimate of drug-likeness (QED) is 0.409. The van der Waals surface area contributed by atoms with Crippen LogP contribution < -0.4 is 9.64 Å². The van der Waals surface area contributed by atoms with E-state index in [1.54, 1.807) is 53.4 Å². The van der Waals surface area contributed by atoms with Crippen LogP contribution in [0.25, 0.3) is 6.08 Å². The van der Waals surface area contributed by atoms with Gasteiger partial charge in [-0.2, -0.15) is 0 Å². The molecular weight excluding hydrogens is 505 g/mol. The van der Waals surface area contributed by atoms with Crippen molar-refractivity contribution < 1.29 is 23.5 Å². The van der Waals surface area contributed by atoms with E-state index in [2.05, 4.69) is 4.90 Å². The normalized spacial score (nSPS) is 16.9. The number of ether oxygens (including phenoxy) is 1. The van der Waals surface area contributed by atoms with Gasteiger partial charge in [-0.15, -0.1) is 0 Å². The number of amides is 3. The van der Waals surface area contributed by atoms with Crippen LogP contribution in [0.5, 0.6) is 5.75 Å². The number of thioether (sulfide) groups is 1.